The molecule has 1 aromatic rings. The van der Waals surface area contributed by atoms with Gasteiger partial charge in [-0.15, -0.1) is 0 Å². The zero-order valence-corrected chi connectivity index (χ0v) is 10.0. The second kappa shape index (κ2) is 5.92. The van der Waals surface area contributed by atoms with Gasteiger partial charge in [0.1, 0.15) is 6.07 Å². The Hall–Kier alpha value is -1.99. The molecule has 0 bridgehead atoms. The minimum absolute atomic E-state index is 0.302. The summed E-state index contributed by atoms with van der Waals surface area (Å²) in [5.74, 6) is 0. The Labute approximate surface area is 104 Å². The van der Waals surface area contributed by atoms with Gasteiger partial charge in [-0.2, -0.15) is 5.26 Å². The first-order valence-corrected chi connectivity index (χ1v) is 5.19. The SMILES string of the molecule is C=C(C)c1cccc(NC(=O)OCC#N)c1Cl. The van der Waals surface area contributed by atoms with Gasteiger partial charge in [0.05, 0.1) is 10.7 Å². The Kier molecular flexibility index (Phi) is 4.56. The van der Waals surface area contributed by atoms with Crippen LogP contribution in [-0.2, 0) is 4.74 Å². The molecule has 0 atom stereocenters. The van der Waals surface area contributed by atoms with Gasteiger partial charge in [0.2, 0.25) is 0 Å². The second-order valence-electron chi connectivity index (χ2n) is 3.31. The fourth-order valence-corrected chi connectivity index (χ4v) is 1.54. The number of nitrogens with one attached hydrogen (secondary N) is 1. The van der Waals surface area contributed by atoms with Crippen LogP contribution in [0.25, 0.3) is 5.57 Å². The summed E-state index contributed by atoms with van der Waals surface area (Å²) >= 11 is 6.09. The molecule has 1 aromatic carbocycles. The third-order valence-corrected chi connectivity index (χ3v) is 2.37. The highest BCUT2D eigenvalue weighted by atomic mass is 35.5. The number of allylic oxidation sites excluding steroid dienone is 1. The van der Waals surface area contributed by atoms with E-state index in [0.29, 0.717) is 10.7 Å². The summed E-state index contributed by atoms with van der Waals surface area (Å²) in [6.07, 6.45) is -0.715. The van der Waals surface area contributed by atoms with E-state index in [2.05, 4.69) is 16.6 Å². The summed E-state index contributed by atoms with van der Waals surface area (Å²) in [7, 11) is 0. The molecule has 1 amide bonds. The summed E-state index contributed by atoms with van der Waals surface area (Å²) < 4.78 is 4.56. The fourth-order valence-electron chi connectivity index (χ4n) is 1.20. The Morgan fingerprint density at radius 3 is 2.94 bits per heavy atom. The zero-order chi connectivity index (χ0) is 12.8. The van der Waals surface area contributed by atoms with E-state index in [0.717, 1.165) is 11.1 Å². The number of carbonyl (C=O) groups excluding carboxylic acids is 1. The maximum atomic E-state index is 11.2. The summed E-state index contributed by atoms with van der Waals surface area (Å²) in [6, 6.07) is 6.89. The maximum Gasteiger partial charge on any atom is 0.412 e. The molecule has 0 fully saturated rings. The van der Waals surface area contributed by atoms with Crippen LogP contribution in [-0.4, -0.2) is 12.7 Å². The van der Waals surface area contributed by atoms with E-state index in [9.17, 15) is 4.79 Å². The molecule has 0 saturated heterocycles. The smallest absolute Gasteiger partial charge is 0.412 e. The number of carbonyl (C=O) groups is 1. The number of hydrogen-bond acceptors (Lipinski definition) is 3. The number of rotatable bonds is 3. The number of anilines is 1. The van der Waals surface area contributed by atoms with Gasteiger partial charge in [0.15, 0.2) is 6.61 Å². The third kappa shape index (κ3) is 3.51. The van der Waals surface area contributed by atoms with E-state index in [-0.39, 0.29) is 6.61 Å². The highest BCUT2D eigenvalue weighted by Crippen LogP contribution is 2.29. The lowest BCUT2D eigenvalue weighted by molar-refractivity contribution is 0.175. The molecule has 0 unspecified atom stereocenters. The lowest BCUT2D eigenvalue weighted by Crippen LogP contribution is -2.14. The molecule has 5 heteroatoms. The standard InChI is InChI=1S/C12H11ClN2O2/c1-8(2)9-4-3-5-10(11(9)13)15-12(16)17-7-6-14/h3-5H,1,7H2,2H3,(H,15,16). The Balaban J connectivity index is 2.86. The van der Waals surface area contributed by atoms with Gasteiger partial charge < -0.3 is 4.74 Å². The van der Waals surface area contributed by atoms with Crippen LogP contribution in [0.4, 0.5) is 10.5 Å². The highest BCUT2D eigenvalue weighted by molar-refractivity contribution is 6.35. The largest absolute Gasteiger partial charge is 0.434 e. The normalized spacial score (nSPS) is 9.24. The molecule has 1 N–H and O–H groups in total. The molecular formula is C12H11ClN2O2. The third-order valence-electron chi connectivity index (χ3n) is 1.96. The van der Waals surface area contributed by atoms with Crippen molar-refractivity contribution < 1.29 is 9.53 Å². The Morgan fingerprint density at radius 2 is 2.35 bits per heavy atom. The van der Waals surface area contributed by atoms with Crippen LogP contribution >= 0.6 is 11.6 Å². The van der Waals surface area contributed by atoms with Crippen molar-refractivity contribution in [2.45, 2.75) is 6.92 Å². The Bertz CT molecular complexity index is 492. The van der Waals surface area contributed by atoms with Gasteiger partial charge >= 0.3 is 6.09 Å². The lowest BCUT2D eigenvalue weighted by atomic mass is 10.1. The average Bonchev–Trinajstić information content (AvgIpc) is 2.28. The molecule has 88 valence electrons. The molecular weight excluding hydrogens is 240 g/mol. The van der Waals surface area contributed by atoms with Crippen molar-refractivity contribution in [3.05, 3.63) is 35.4 Å². The minimum atomic E-state index is -0.715. The number of amides is 1. The highest BCUT2D eigenvalue weighted by Gasteiger charge is 2.09. The lowest BCUT2D eigenvalue weighted by Gasteiger charge is -2.10. The van der Waals surface area contributed by atoms with Crippen molar-refractivity contribution in [2.75, 3.05) is 11.9 Å². The van der Waals surface area contributed by atoms with Crippen molar-refractivity contribution in [1.82, 2.24) is 0 Å². The van der Waals surface area contributed by atoms with Crippen LogP contribution in [0.1, 0.15) is 12.5 Å². The predicted molar refractivity (Wildman–Crippen MR) is 66.7 cm³/mol. The number of benzene rings is 1. The van der Waals surface area contributed by atoms with Crippen LogP contribution in [0.15, 0.2) is 24.8 Å². The summed E-state index contributed by atoms with van der Waals surface area (Å²) in [5.41, 5.74) is 1.98. The van der Waals surface area contributed by atoms with Crippen LogP contribution < -0.4 is 5.32 Å². The summed E-state index contributed by atoms with van der Waals surface area (Å²) in [4.78, 5) is 11.2. The molecule has 17 heavy (non-hydrogen) atoms. The number of hydrogen-bond donors (Lipinski definition) is 1. The van der Waals surface area contributed by atoms with Crippen LogP contribution in [0, 0.1) is 11.3 Å². The molecule has 4 nitrogen and oxygen atoms in total. The van der Waals surface area contributed by atoms with E-state index in [1.807, 2.05) is 6.92 Å². The molecule has 0 aromatic heterocycles. The first-order chi connectivity index (χ1) is 8.06. The maximum absolute atomic E-state index is 11.2. The van der Waals surface area contributed by atoms with Gasteiger partial charge in [-0.25, -0.2) is 4.79 Å². The molecule has 0 aliphatic carbocycles. The molecule has 0 spiro atoms. The summed E-state index contributed by atoms with van der Waals surface area (Å²) in [6.45, 7) is 5.30. The monoisotopic (exact) mass is 250 g/mol. The number of nitrogens with zero attached hydrogens (tertiary/aromatic N) is 1. The van der Waals surface area contributed by atoms with E-state index in [1.165, 1.54) is 0 Å². The Morgan fingerprint density at radius 1 is 1.65 bits per heavy atom. The number of halogens is 1. The van der Waals surface area contributed by atoms with Crippen LogP contribution in [0.2, 0.25) is 5.02 Å². The second-order valence-corrected chi connectivity index (χ2v) is 3.68. The van der Waals surface area contributed by atoms with E-state index >= 15 is 0 Å². The van der Waals surface area contributed by atoms with Gasteiger partial charge in [0.25, 0.3) is 0 Å². The predicted octanol–water partition coefficient (Wildman–Crippen LogP) is 3.45. The fraction of sp³-hybridized carbons (Fsp3) is 0.167. The first-order valence-electron chi connectivity index (χ1n) is 4.81. The number of ether oxygens (including phenoxy) is 1. The van der Waals surface area contributed by atoms with Gasteiger partial charge in [0, 0.05) is 0 Å². The van der Waals surface area contributed by atoms with Gasteiger partial charge in [-0.05, 0) is 24.1 Å². The van der Waals surface area contributed by atoms with Crippen molar-refractivity contribution in [1.29, 1.82) is 5.26 Å². The van der Waals surface area contributed by atoms with Crippen molar-refractivity contribution in [2.24, 2.45) is 0 Å². The first kappa shape index (κ1) is 13.1. The minimum Gasteiger partial charge on any atom is -0.434 e. The van der Waals surface area contributed by atoms with Gasteiger partial charge in [-0.1, -0.05) is 30.3 Å². The van der Waals surface area contributed by atoms with Crippen molar-refractivity contribution in [3.63, 3.8) is 0 Å². The molecule has 0 heterocycles. The average molecular weight is 251 g/mol. The molecule has 0 saturated carbocycles. The molecule has 0 radical (unpaired) electrons. The van der Waals surface area contributed by atoms with Crippen LogP contribution in [0.5, 0.6) is 0 Å². The van der Waals surface area contributed by atoms with Crippen LogP contribution in [0.3, 0.4) is 0 Å². The zero-order valence-electron chi connectivity index (χ0n) is 9.29. The van der Waals surface area contributed by atoms with E-state index < -0.39 is 6.09 Å². The summed E-state index contributed by atoms with van der Waals surface area (Å²) in [5, 5.41) is 11.1. The van der Waals surface area contributed by atoms with Crippen molar-refractivity contribution in [3.8, 4) is 6.07 Å². The number of nitriles is 1. The van der Waals surface area contributed by atoms with Crippen molar-refractivity contribution >= 4 is 29.0 Å². The topological polar surface area (TPSA) is 62.1 Å². The van der Waals surface area contributed by atoms with Gasteiger partial charge in [-0.3, -0.25) is 5.32 Å². The van der Waals surface area contributed by atoms with E-state index in [1.54, 1.807) is 24.3 Å². The van der Waals surface area contributed by atoms with E-state index in [4.69, 9.17) is 16.9 Å². The molecule has 1 rings (SSSR count). The quantitative estimate of drug-likeness (QED) is 0.894. The molecule has 0 aliphatic heterocycles. The molecule has 0 aliphatic rings.